The number of hydrogen-bond acceptors (Lipinski definition) is 1. The first-order valence-corrected chi connectivity index (χ1v) is 12.4. The van der Waals surface area contributed by atoms with Gasteiger partial charge >= 0.3 is 0 Å². The van der Waals surface area contributed by atoms with Crippen LogP contribution >= 0.6 is 0 Å². The summed E-state index contributed by atoms with van der Waals surface area (Å²) in [6.07, 6.45) is 11.3. The van der Waals surface area contributed by atoms with Crippen molar-refractivity contribution in [3.63, 3.8) is 0 Å². The molecule has 1 aromatic carbocycles. The van der Waals surface area contributed by atoms with Crippen LogP contribution in [-0.2, 0) is 16.3 Å². The lowest BCUT2D eigenvalue weighted by Crippen LogP contribution is -2.48. The highest BCUT2D eigenvalue weighted by Crippen LogP contribution is 2.60. The predicted molar refractivity (Wildman–Crippen MR) is 111 cm³/mol. The van der Waals surface area contributed by atoms with Gasteiger partial charge in [0.2, 0.25) is 5.78 Å². The van der Waals surface area contributed by atoms with E-state index in [1.807, 2.05) is 0 Å². The van der Waals surface area contributed by atoms with E-state index in [1.165, 1.54) is 68.4 Å². The van der Waals surface area contributed by atoms with Crippen LogP contribution in [0.2, 0.25) is 0 Å². The molecule has 0 N–H and O–H groups in total. The maximum absolute atomic E-state index is 13.2. The van der Waals surface area contributed by atoms with Crippen molar-refractivity contribution >= 4 is 16.7 Å². The molecule has 1 aliphatic heterocycles. The lowest BCUT2D eigenvalue weighted by atomic mass is 9.48. The molecule has 0 radical (unpaired) electrons. The molecule has 4 aliphatic carbocycles. The van der Waals surface area contributed by atoms with Gasteiger partial charge < -0.3 is 0 Å². The molecular weight excluding hydrogens is 336 g/mol. The Bertz CT molecular complexity index is 660. The van der Waals surface area contributed by atoms with Gasteiger partial charge in [0.1, 0.15) is 11.5 Å². The monoisotopic (exact) mass is 369 g/mol. The first kappa shape index (κ1) is 17.3. The van der Waals surface area contributed by atoms with Crippen molar-refractivity contribution < 1.29 is 4.79 Å². The number of hydrogen-bond donors (Lipinski definition) is 0. The van der Waals surface area contributed by atoms with Gasteiger partial charge in [0.15, 0.2) is 4.75 Å². The molecule has 5 fully saturated rings. The molecule has 0 unspecified atom stereocenters. The molecular formula is C24H33OS+. The second-order valence-electron chi connectivity index (χ2n) is 10.2. The van der Waals surface area contributed by atoms with Crippen molar-refractivity contribution in [1.29, 1.82) is 0 Å². The van der Waals surface area contributed by atoms with Crippen molar-refractivity contribution in [2.75, 3.05) is 11.5 Å². The van der Waals surface area contributed by atoms with Gasteiger partial charge in [-0.15, -0.1) is 0 Å². The molecule has 0 amide bonds. The summed E-state index contributed by atoms with van der Waals surface area (Å²) in [5.41, 5.74) is 2.93. The van der Waals surface area contributed by atoms with Crippen molar-refractivity contribution in [2.45, 2.75) is 75.4 Å². The van der Waals surface area contributed by atoms with E-state index in [4.69, 9.17) is 0 Å². The van der Waals surface area contributed by atoms with E-state index in [1.54, 1.807) is 0 Å². The van der Waals surface area contributed by atoms with Crippen LogP contribution in [-0.4, -0.2) is 22.0 Å². The maximum atomic E-state index is 13.2. The number of rotatable bonds is 4. The fraction of sp³-hybridized carbons (Fsp3) is 0.708. The van der Waals surface area contributed by atoms with Gasteiger partial charge in [0.25, 0.3) is 0 Å². The molecule has 0 aromatic heterocycles. The van der Waals surface area contributed by atoms with Crippen LogP contribution in [0, 0.1) is 17.8 Å². The number of Topliss-reactive ketones (excluding diaryl/α,β-unsaturated/α-hetero) is 1. The molecule has 6 rings (SSSR count). The SMILES string of the molecule is CC(C)(C(=O)c1ccc(C23CC4CC(CC(C4)C2)C3)cc1)[S+]1CCCC1. The van der Waals surface area contributed by atoms with E-state index >= 15 is 0 Å². The Morgan fingerprint density at radius 1 is 0.923 bits per heavy atom. The standard InChI is InChI=1S/C24H33OS/c1-23(2,26-9-3-4-10-26)22(25)20-5-7-21(8-6-20)24-14-17-11-18(15-24)13-19(12-17)16-24/h5-8,17-19H,3-4,9-16H2,1-2H3/q+1. The molecule has 5 aliphatic rings. The Morgan fingerprint density at radius 2 is 1.42 bits per heavy atom. The summed E-state index contributed by atoms with van der Waals surface area (Å²) >= 11 is 0. The summed E-state index contributed by atoms with van der Waals surface area (Å²) < 4.78 is -0.182. The molecule has 26 heavy (non-hydrogen) atoms. The maximum Gasteiger partial charge on any atom is 0.217 e. The average Bonchev–Trinajstić information content (AvgIpc) is 3.15. The minimum Gasteiger partial charge on any atom is -0.288 e. The first-order valence-electron chi connectivity index (χ1n) is 10.8. The lowest BCUT2D eigenvalue weighted by Gasteiger charge is -2.57. The van der Waals surface area contributed by atoms with E-state index in [0.717, 1.165) is 23.3 Å². The summed E-state index contributed by atoms with van der Waals surface area (Å²) in [6.45, 7) is 4.38. The molecule has 1 saturated heterocycles. The minimum atomic E-state index is -0.182. The second-order valence-corrected chi connectivity index (χ2v) is 13.0. The highest BCUT2D eigenvalue weighted by molar-refractivity contribution is 7.99. The van der Waals surface area contributed by atoms with Gasteiger partial charge in [-0.25, -0.2) is 0 Å². The molecule has 0 spiro atoms. The van der Waals surface area contributed by atoms with Crippen molar-refractivity contribution in [2.24, 2.45) is 17.8 Å². The van der Waals surface area contributed by atoms with Gasteiger partial charge in [-0.1, -0.05) is 24.3 Å². The Hall–Kier alpha value is -0.760. The van der Waals surface area contributed by atoms with Crippen LogP contribution in [0.4, 0.5) is 0 Å². The van der Waals surface area contributed by atoms with E-state index in [9.17, 15) is 4.79 Å². The highest BCUT2D eigenvalue weighted by Gasteiger charge is 2.52. The fourth-order valence-electron chi connectivity index (χ4n) is 7.08. The second kappa shape index (κ2) is 6.12. The van der Waals surface area contributed by atoms with Crippen molar-refractivity contribution in [3.8, 4) is 0 Å². The van der Waals surface area contributed by atoms with E-state index in [2.05, 4.69) is 38.1 Å². The molecule has 4 bridgehead atoms. The van der Waals surface area contributed by atoms with Crippen LogP contribution in [0.15, 0.2) is 24.3 Å². The zero-order valence-corrected chi connectivity index (χ0v) is 17.2. The van der Waals surface area contributed by atoms with Crippen LogP contribution in [0.3, 0.4) is 0 Å². The quantitative estimate of drug-likeness (QED) is 0.504. The van der Waals surface area contributed by atoms with Crippen LogP contribution in [0.1, 0.15) is 81.1 Å². The van der Waals surface area contributed by atoms with E-state index in [0.29, 0.717) is 11.2 Å². The third-order valence-corrected chi connectivity index (χ3v) is 11.3. The van der Waals surface area contributed by atoms with Crippen molar-refractivity contribution in [1.82, 2.24) is 0 Å². The summed E-state index contributed by atoms with van der Waals surface area (Å²) in [7, 11) is 0.268. The zero-order chi connectivity index (χ0) is 17.9. The van der Waals surface area contributed by atoms with Gasteiger partial charge in [0, 0.05) is 16.5 Å². The minimum absolute atomic E-state index is 0.182. The smallest absolute Gasteiger partial charge is 0.217 e. The third kappa shape index (κ3) is 2.70. The first-order chi connectivity index (χ1) is 12.5. The molecule has 0 atom stereocenters. The molecule has 140 valence electrons. The van der Waals surface area contributed by atoms with Crippen LogP contribution < -0.4 is 0 Å². The number of benzene rings is 1. The van der Waals surface area contributed by atoms with Gasteiger partial charge in [-0.2, -0.15) is 0 Å². The highest BCUT2D eigenvalue weighted by atomic mass is 32.2. The lowest BCUT2D eigenvalue weighted by molar-refractivity contribution is -0.00519. The Labute approximate surface area is 161 Å². The van der Waals surface area contributed by atoms with Gasteiger partial charge in [0.05, 0.1) is 0 Å². The van der Waals surface area contributed by atoms with Crippen LogP contribution in [0.5, 0.6) is 0 Å². The zero-order valence-electron chi connectivity index (χ0n) is 16.4. The predicted octanol–water partition coefficient (Wildman–Crippen LogP) is 5.53. The molecule has 2 heteroatoms. The third-order valence-electron chi connectivity index (χ3n) is 8.10. The fourth-order valence-corrected chi connectivity index (χ4v) is 9.79. The molecule has 1 aromatic rings. The molecule has 4 saturated carbocycles. The van der Waals surface area contributed by atoms with Gasteiger partial charge in [-0.3, -0.25) is 4.79 Å². The van der Waals surface area contributed by atoms with Crippen LogP contribution in [0.25, 0.3) is 0 Å². The largest absolute Gasteiger partial charge is 0.288 e. The number of carbonyl (C=O) groups is 1. The van der Waals surface area contributed by atoms with Crippen molar-refractivity contribution in [3.05, 3.63) is 35.4 Å². The Kier molecular flexibility index (Phi) is 4.09. The van der Waals surface area contributed by atoms with E-state index in [-0.39, 0.29) is 15.6 Å². The summed E-state index contributed by atoms with van der Waals surface area (Å²) in [5.74, 6) is 5.81. The average molecular weight is 370 g/mol. The molecule has 1 nitrogen and oxygen atoms in total. The number of carbonyl (C=O) groups excluding carboxylic acids is 1. The summed E-state index contributed by atoms with van der Waals surface area (Å²) in [4.78, 5) is 13.2. The van der Waals surface area contributed by atoms with E-state index < -0.39 is 0 Å². The Morgan fingerprint density at radius 3 is 1.92 bits per heavy atom. The summed E-state index contributed by atoms with van der Waals surface area (Å²) in [6, 6.07) is 8.98. The topological polar surface area (TPSA) is 17.1 Å². The number of ketones is 1. The normalized spacial score (nSPS) is 36.6. The molecule has 1 heterocycles. The Balaban J connectivity index is 1.38. The van der Waals surface area contributed by atoms with Gasteiger partial charge in [-0.05, 0) is 93.9 Å². The summed E-state index contributed by atoms with van der Waals surface area (Å²) in [5, 5.41) is 0.